The van der Waals surface area contributed by atoms with Gasteiger partial charge in [0.15, 0.2) is 5.65 Å². The molecule has 3 aromatic heterocycles. The molecule has 23 heavy (non-hydrogen) atoms. The summed E-state index contributed by atoms with van der Waals surface area (Å²) in [5, 5.41) is 1.52. The van der Waals surface area contributed by atoms with Gasteiger partial charge in [0.2, 0.25) is 0 Å². The number of thiazole rings is 1. The second-order valence-corrected chi connectivity index (χ2v) is 6.79. The van der Waals surface area contributed by atoms with Crippen molar-refractivity contribution in [3.05, 3.63) is 47.5 Å². The van der Waals surface area contributed by atoms with Crippen LogP contribution in [0.15, 0.2) is 42.6 Å². The van der Waals surface area contributed by atoms with Crippen LogP contribution in [-0.4, -0.2) is 23.0 Å². The lowest BCUT2D eigenvalue weighted by Gasteiger charge is -2.00. The zero-order valence-corrected chi connectivity index (χ0v) is 13.6. The number of carbonyl (C=O) groups is 1. The largest absolute Gasteiger partial charge is 0.465 e. The van der Waals surface area contributed by atoms with Crippen molar-refractivity contribution in [2.24, 2.45) is 0 Å². The van der Waals surface area contributed by atoms with E-state index < -0.39 is 0 Å². The molecular formula is C16H10N2O3S2. The molecule has 0 N–H and O–H groups in total. The smallest absolute Gasteiger partial charge is 0.348 e. The molecule has 0 bridgehead atoms. The minimum absolute atomic E-state index is 0.328. The van der Waals surface area contributed by atoms with E-state index >= 15 is 0 Å². The van der Waals surface area contributed by atoms with Gasteiger partial charge in [0.05, 0.1) is 11.8 Å². The van der Waals surface area contributed by atoms with Gasteiger partial charge in [-0.15, -0.1) is 11.3 Å². The van der Waals surface area contributed by atoms with Crippen LogP contribution >= 0.6 is 22.7 Å². The number of rotatable bonds is 3. The monoisotopic (exact) mass is 342 g/mol. The van der Waals surface area contributed by atoms with Crippen molar-refractivity contribution in [2.75, 3.05) is 7.11 Å². The number of aromatic nitrogens is 2. The first kappa shape index (κ1) is 14.1. The lowest BCUT2D eigenvalue weighted by atomic mass is 10.2. The van der Waals surface area contributed by atoms with E-state index in [0.717, 1.165) is 14.8 Å². The SMILES string of the molecule is COC(=O)c1cc2ccc(Oc3nc4ncccc4s3)cc2s1. The molecule has 4 aromatic rings. The first-order chi connectivity index (χ1) is 11.2. The minimum atomic E-state index is -0.328. The molecule has 0 amide bonds. The molecular weight excluding hydrogens is 332 g/mol. The predicted octanol–water partition coefficient (Wildman–Crippen LogP) is 4.48. The fourth-order valence-electron chi connectivity index (χ4n) is 2.17. The maximum atomic E-state index is 11.6. The highest BCUT2D eigenvalue weighted by molar-refractivity contribution is 7.21. The Hall–Kier alpha value is -2.51. The van der Waals surface area contributed by atoms with Gasteiger partial charge < -0.3 is 9.47 Å². The van der Waals surface area contributed by atoms with Gasteiger partial charge in [0.25, 0.3) is 5.19 Å². The molecule has 0 spiro atoms. The fourth-order valence-corrected chi connectivity index (χ4v) is 3.97. The zero-order chi connectivity index (χ0) is 15.8. The van der Waals surface area contributed by atoms with E-state index in [1.165, 1.54) is 29.8 Å². The van der Waals surface area contributed by atoms with Crippen molar-refractivity contribution in [1.29, 1.82) is 0 Å². The Labute approximate surface area is 139 Å². The fraction of sp³-hybridized carbons (Fsp3) is 0.0625. The van der Waals surface area contributed by atoms with Crippen molar-refractivity contribution < 1.29 is 14.3 Å². The van der Waals surface area contributed by atoms with Crippen molar-refractivity contribution in [3.63, 3.8) is 0 Å². The number of esters is 1. The molecule has 7 heteroatoms. The maximum Gasteiger partial charge on any atom is 0.348 e. The van der Waals surface area contributed by atoms with E-state index in [2.05, 4.69) is 9.97 Å². The number of methoxy groups -OCH3 is 1. The van der Waals surface area contributed by atoms with Crippen LogP contribution in [0.2, 0.25) is 0 Å². The summed E-state index contributed by atoms with van der Waals surface area (Å²) < 4.78 is 12.5. The second kappa shape index (κ2) is 5.60. The summed E-state index contributed by atoms with van der Waals surface area (Å²) in [6.07, 6.45) is 1.71. The number of pyridine rings is 1. The predicted molar refractivity (Wildman–Crippen MR) is 90.7 cm³/mol. The summed E-state index contributed by atoms with van der Waals surface area (Å²) in [6, 6.07) is 11.3. The van der Waals surface area contributed by atoms with Crippen LogP contribution in [0.1, 0.15) is 9.67 Å². The Morgan fingerprint density at radius 3 is 2.87 bits per heavy atom. The molecule has 0 radical (unpaired) electrons. The molecule has 0 saturated carbocycles. The van der Waals surface area contributed by atoms with Gasteiger partial charge in [-0.1, -0.05) is 11.3 Å². The van der Waals surface area contributed by atoms with E-state index in [-0.39, 0.29) is 5.97 Å². The molecule has 0 atom stereocenters. The normalized spacial score (nSPS) is 11.0. The third kappa shape index (κ3) is 2.64. The third-order valence-electron chi connectivity index (χ3n) is 3.23. The van der Waals surface area contributed by atoms with Gasteiger partial charge in [0.1, 0.15) is 10.6 Å². The van der Waals surface area contributed by atoms with Crippen LogP contribution in [0.5, 0.6) is 10.9 Å². The number of hydrogen-bond acceptors (Lipinski definition) is 7. The van der Waals surface area contributed by atoms with Gasteiger partial charge in [-0.25, -0.2) is 9.78 Å². The van der Waals surface area contributed by atoms with Gasteiger partial charge in [-0.3, -0.25) is 0 Å². The summed E-state index contributed by atoms with van der Waals surface area (Å²) in [5.41, 5.74) is 0.678. The lowest BCUT2D eigenvalue weighted by molar-refractivity contribution is 0.0606. The van der Waals surface area contributed by atoms with Crippen LogP contribution in [0.25, 0.3) is 20.4 Å². The number of thiophene rings is 1. The Morgan fingerprint density at radius 2 is 2.04 bits per heavy atom. The topological polar surface area (TPSA) is 61.3 Å². The molecule has 0 saturated heterocycles. The highest BCUT2D eigenvalue weighted by Crippen LogP contribution is 2.34. The van der Waals surface area contributed by atoms with E-state index in [4.69, 9.17) is 9.47 Å². The maximum absolute atomic E-state index is 11.6. The van der Waals surface area contributed by atoms with E-state index in [9.17, 15) is 4.79 Å². The quantitative estimate of drug-likeness (QED) is 0.514. The number of ether oxygens (including phenoxy) is 2. The Balaban J connectivity index is 1.67. The van der Waals surface area contributed by atoms with Crippen molar-refractivity contribution in [1.82, 2.24) is 9.97 Å². The van der Waals surface area contributed by atoms with Crippen LogP contribution in [0.4, 0.5) is 0 Å². The summed E-state index contributed by atoms with van der Waals surface area (Å²) in [5.74, 6) is 0.348. The van der Waals surface area contributed by atoms with Crippen LogP contribution in [0.3, 0.4) is 0 Å². The molecule has 114 valence electrons. The number of benzene rings is 1. The molecule has 4 rings (SSSR count). The van der Waals surface area contributed by atoms with Crippen LogP contribution < -0.4 is 4.74 Å². The Morgan fingerprint density at radius 1 is 1.13 bits per heavy atom. The highest BCUT2D eigenvalue weighted by atomic mass is 32.1. The summed E-state index contributed by atoms with van der Waals surface area (Å²) in [7, 11) is 1.38. The number of carbonyl (C=O) groups excluding carboxylic acids is 1. The third-order valence-corrected chi connectivity index (χ3v) is 5.19. The molecule has 0 aliphatic heterocycles. The zero-order valence-electron chi connectivity index (χ0n) is 12.0. The van der Waals surface area contributed by atoms with Gasteiger partial charge in [-0.05, 0) is 41.8 Å². The molecule has 5 nitrogen and oxygen atoms in total. The Kier molecular flexibility index (Phi) is 3.44. The summed E-state index contributed by atoms with van der Waals surface area (Å²) in [4.78, 5) is 20.7. The number of fused-ring (bicyclic) bond motifs is 2. The van der Waals surface area contributed by atoms with Crippen molar-refractivity contribution >= 4 is 49.1 Å². The Bertz CT molecular complexity index is 989. The van der Waals surface area contributed by atoms with Gasteiger partial charge in [0, 0.05) is 10.9 Å². The van der Waals surface area contributed by atoms with Gasteiger partial charge in [-0.2, -0.15) is 4.98 Å². The van der Waals surface area contributed by atoms with Crippen molar-refractivity contribution in [2.45, 2.75) is 0 Å². The van der Waals surface area contributed by atoms with Crippen molar-refractivity contribution in [3.8, 4) is 10.9 Å². The van der Waals surface area contributed by atoms with E-state index in [1.807, 2.05) is 36.4 Å². The second-order valence-electron chi connectivity index (χ2n) is 4.71. The number of hydrogen-bond donors (Lipinski definition) is 0. The highest BCUT2D eigenvalue weighted by Gasteiger charge is 2.12. The van der Waals surface area contributed by atoms with Crippen LogP contribution in [0, 0.1) is 0 Å². The van der Waals surface area contributed by atoms with Gasteiger partial charge >= 0.3 is 5.97 Å². The van der Waals surface area contributed by atoms with E-state index in [0.29, 0.717) is 21.5 Å². The summed E-state index contributed by atoms with van der Waals surface area (Å²) in [6.45, 7) is 0. The lowest BCUT2D eigenvalue weighted by Crippen LogP contribution is -1.96. The molecule has 0 unspecified atom stereocenters. The summed E-state index contributed by atoms with van der Waals surface area (Å²) >= 11 is 2.82. The minimum Gasteiger partial charge on any atom is -0.465 e. The molecule has 0 aliphatic carbocycles. The molecule has 3 heterocycles. The average Bonchev–Trinajstić information content (AvgIpc) is 3.16. The standard InChI is InChI=1S/C16H10N2O3S2/c1-20-15(19)13-7-9-4-5-10(8-12(9)22-13)21-16-18-14-11(23-16)3-2-6-17-14/h2-8H,1H3. The average molecular weight is 342 g/mol. The van der Waals surface area contributed by atoms with Crippen LogP contribution in [-0.2, 0) is 4.74 Å². The molecule has 1 aromatic carbocycles. The first-order valence-corrected chi connectivity index (χ1v) is 8.37. The first-order valence-electron chi connectivity index (χ1n) is 6.74. The number of nitrogens with zero attached hydrogens (tertiary/aromatic N) is 2. The van der Waals surface area contributed by atoms with E-state index in [1.54, 1.807) is 6.20 Å². The molecule has 0 fully saturated rings. The molecule has 0 aliphatic rings.